The van der Waals surface area contributed by atoms with Crippen molar-refractivity contribution >= 4 is 12.2 Å². The first-order valence-corrected chi connectivity index (χ1v) is 3.51. The van der Waals surface area contributed by atoms with Crippen molar-refractivity contribution in [1.29, 1.82) is 0 Å². The van der Waals surface area contributed by atoms with Crippen LogP contribution in [0.3, 0.4) is 0 Å². The minimum Gasteiger partial charge on any atom is -0.428 e. The number of nitrogens with zero attached hydrogens (tertiary/aromatic N) is 1. The molecule has 5 nitrogen and oxygen atoms in total. The van der Waals surface area contributed by atoms with Gasteiger partial charge in [-0.25, -0.2) is 0 Å². The van der Waals surface area contributed by atoms with E-state index in [1.54, 1.807) is 0 Å². The molecule has 0 heterocycles. The van der Waals surface area contributed by atoms with Gasteiger partial charge in [0.1, 0.15) is 5.75 Å². The van der Waals surface area contributed by atoms with Crippen LogP contribution in [0.4, 0.5) is 5.69 Å². The second-order valence-corrected chi connectivity index (χ2v) is 2.37. The molecule has 1 aromatic carbocycles. The third kappa shape index (κ3) is 1.81. The molecule has 0 aromatic heterocycles. The van der Waals surface area contributed by atoms with Crippen molar-refractivity contribution in [2.24, 2.45) is 0 Å². The van der Waals surface area contributed by atoms with Crippen LogP contribution in [0.2, 0.25) is 0 Å². The van der Waals surface area contributed by atoms with Crippen molar-refractivity contribution < 1.29 is 14.5 Å². The quantitative estimate of drug-likeness (QED) is 0.402. The zero-order chi connectivity index (χ0) is 9.84. The highest BCUT2D eigenvalue weighted by Gasteiger charge is 2.13. The summed E-state index contributed by atoms with van der Waals surface area (Å²) in [6.45, 7) is 1.77. The highest BCUT2D eigenvalue weighted by molar-refractivity contribution is 5.53. The van der Waals surface area contributed by atoms with Crippen LogP contribution in [0.15, 0.2) is 18.2 Å². The van der Waals surface area contributed by atoms with E-state index in [1.807, 2.05) is 0 Å². The Morgan fingerprint density at radius 1 is 1.54 bits per heavy atom. The first-order valence-electron chi connectivity index (χ1n) is 3.51. The van der Waals surface area contributed by atoms with E-state index >= 15 is 0 Å². The molecule has 0 aliphatic carbocycles. The summed E-state index contributed by atoms with van der Waals surface area (Å²) in [5.41, 5.74) is 0.291. The Kier molecular flexibility index (Phi) is 2.59. The fourth-order valence-corrected chi connectivity index (χ4v) is 0.980. The summed E-state index contributed by atoms with van der Waals surface area (Å²) in [6, 6.07) is 4.31. The minimum atomic E-state index is -0.521. The predicted octanol–water partition coefficient (Wildman–Crippen LogP) is 1.44. The molecule has 13 heavy (non-hydrogen) atoms. The van der Waals surface area contributed by atoms with Gasteiger partial charge in [0, 0.05) is 6.07 Å². The molecule has 0 bridgehead atoms. The minimum absolute atomic E-state index is 0.0562. The molecule has 5 heteroatoms. The number of rotatable bonds is 3. The van der Waals surface area contributed by atoms with Crippen LogP contribution in [0, 0.1) is 17.0 Å². The fraction of sp³-hybridized carbons (Fsp3) is 0.125. The summed E-state index contributed by atoms with van der Waals surface area (Å²) in [4.78, 5) is 19.9. The fourth-order valence-electron chi connectivity index (χ4n) is 0.980. The molecule has 0 fully saturated rings. The molecular weight excluding hydrogens is 174 g/mol. The Morgan fingerprint density at radius 3 is 2.77 bits per heavy atom. The number of nitro groups is 1. The first kappa shape index (κ1) is 9.18. The second kappa shape index (κ2) is 3.66. The number of nitro benzene ring substituents is 1. The van der Waals surface area contributed by atoms with Crippen molar-refractivity contribution in [3.8, 4) is 5.75 Å². The van der Waals surface area contributed by atoms with E-state index in [0.717, 1.165) is 0 Å². The number of hydrogen-bond donors (Lipinski definition) is 0. The van der Waals surface area contributed by atoms with Crippen LogP contribution in [-0.2, 0) is 4.79 Å². The Hall–Kier alpha value is -1.91. The molecule has 0 aliphatic rings. The smallest absolute Gasteiger partial charge is 0.298 e. The monoisotopic (exact) mass is 181 g/mol. The van der Waals surface area contributed by atoms with Gasteiger partial charge in [0.05, 0.1) is 10.5 Å². The molecule has 1 aromatic rings. The second-order valence-electron chi connectivity index (χ2n) is 2.37. The lowest BCUT2D eigenvalue weighted by atomic mass is 10.2. The molecule has 0 spiro atoms. The lowest BCUT2D eigenvalue weighted by Gasteiger charge is -2.01. The van der Waals surface area contributed by atoms with E-state index < -0.39 is 4.92 Å². The highest BCUT2D eigenvalue weighted by Crippen LogP contribution is 2.26. The molecule has 0 atom stereocenters. The summed E-state index contributed by atoms with van der Waals surface area (Å²) in [7, 11) is 0. The maximum absolute atomic E-state index is 10.4. The Morgan fingerprint density at radius 2 is 2.23 bits per heavy atom. The average Bonchev–Trinajstić information content (AvgIpc) is 2.08. The van der Waals surface area contributed by atoms with Gasteiger partial charge < -0.3 is 4.74 Å². The number of hydrogen-bond acceptors (Lipinski definition) is 4. The lowest BCUT2D eigenvalue weighted by Crippen LogP contribution is -1.96. The van der Waals surface area contributed by atoms with E-state index in [0.29, 0.717) is 5.56 Å². The Labute approximate surface area is 74.1 Å². The van der Waals surface area contributed by atoms with Gasteiger partial charge in [0.2, 0.25) is 0 Å². The summed E-state index contributed by atoms with van der Waals surface area (Å²) in [5, 5.41) is 10.4. The van der Waals surface area contributed by atoms with Crippen molar-refractivity contribution in [3.05, 3.63) is 33.9 Å². The van der Waals surface area contributed by atoms with Crippen LogP contribution < -0.4 is 4.74 Å². The molecule has 0 unspecified atom stereocenters. The number of carbonyl (C=O) groups is 1. The maximum Gasteiger partial charge on any atom is 0.298 e. The molecule has 0 amide bonds. The normalized spacial score (nSPS) is 9.31. The van der Waals surface area contributed by atoms with Crippen LogP contribution in [0.25, 0.3) is 0 Å². The van der Waals surface area contributed by atoms with E-state index in [9.17, 15) is 14.9 Å². The Balaban J connectivity index is 3.17. The van der Waals surface area contributed by atoms with Crippen molar-refractivity contribution in [1.82, 2.24) is 0 Å². The average molecular weight is 181 g/mol. The molecule has 0 N–H and O–H groups in total. The zero-order valence-corrected chi connectivity index (χ0v) is 6.89. The largest absolute Gasteiger partial charge is 0.428 e. The molecule has 0 saturated heterocycles. The molecule has 1 rings (SSSR count). The topological polar surface area (TPSA) is 69.4 Å². The first-order chi connectivity index (χ1) is 6.16. The van der Waals surface area contributed by atoms with Crippen molar-refractivity contribution in [2.75, 3.05) is 0 Å². The third-order valence-electron chi connectivity index (χ3n) is 1.63. The number of carbonyl (C=O) groups excluding carboxylic acids is 1. The van der Waals surface area contributed by atoms with Crippen LogP contribution >= 0.6 is 0 Å². The van der Waals surface area contributed by atoms with E-state index in [2.05, 4.69) is 4.74 Å². The van der Waals surface area contributed by atoms with Crippen LogP contribution in [0.1, 0.15) is 5.56 Å². The zero-order valence-electron chi connectivity index (χ0n) is 6.89. The number of ether oxygens (including phenoxy) is 1. The van der Waals surface area contributed by atoms with Gasteiger partial charge in [-0.15, -0.1) is 0 Å². The highest BCUT2D eigenvalue weighted by atomic mass is 16.6. The summed E-state index contributed by atoms with van der Waals surface area (Å²) in [5.74, 6) is 0.212. The van der Waals surface area contributed by atoms with Gasteiger partial charge in [0.25, 0.3) is 12.2 Å². The number of benzene rings is 1. The van der Waals surface area contributed by atoms with Gasteiger partial charge >= 0.3 is 0 Å². The summed E-state index contributed by atoms with van der Waals surface area (Å²) >= 11 is 0. The van der Waals surface area contributed by atoms with Crippen molar-refractivity contribution in [3.63, 3.8) is 0 Å². The summed E-state index contributed by atoms with van der Waals surface area (Å²) in [6.07, 6.45) is 0. The van der Waals surface area contributed by atoms with Gasteiger partial charge in [0.15, 0.2) is 0 Å². The lowest BCUT2D eigenvalue weighted by molar-refractivity contribution is -0.385. The van der Waals surface area contributed by atoms with Gasteiger partial charge in [-0.05, 0) is 13.0 Å². The molecule has 0 radical (unpaired) electrons. The summed E-state index contributed by atoms with van der Waals surface area (Å²) < 4.78 is 4.54. The van der Waals surface area contributed by atoms with Crippen LogP contribution in [0.5, 0.6) is 5.75 Å². The molecule has 68 valence electrons. The SMILES string of the molecule is Cc1c(OC=O)cccc1[N+](=O)[O-]. The van der Waals surface area contributed by atoms with Crippen molar-refractivity contribution in [2.45, 2.75) is 6.92 Å². The standard InChI is InChI=1S/C8H7NO4/c1-6-7(9(11)12)3-2-4-8(6)13-5-10/h2-5H,1H3. The molecular formula is C8H7NO4. The maximum atomic E-state index is 10.4. The van der Waals surface area contributed by atoms with E-state index in [-0.39, 0.29) is 17.9 Å². The predicted molar refractivity (Wildman–Crippen MR) is 44.5 cm³/mol. The van der Waals surface area contributed by atoms with Gasteiger partial charge in [-0.2, -0.15) is 0 Å². The van der Waals surface area contributed by atoms with Gasteiger partial charge in [-0.1, -0.05) is 6.07 Å². The molecule has 0 aliphatic heterocycles. The molecule has 0 saturated carbocycles. The van der Waals surface area contributed by atoms with Gasteiger partial charge in [-0.3, -0.25) is 14.9 Å². The van der Waals surface area contributed by atoms with E-state index in [4.69, 9.17) is 0 Å². The van der Waals surface area contributed by atoms with E-state index in [1.165, 1.54) is 25.1 Å². The Bertz CT molecular complexity index is 348. The third-order valence-corrected chi connectivity index (χ3v) is 1.63. The van der Waals surface area contributed by atoms with Crippen LogP contribution in [-0.4, -0.2) is 11.4 Å².